The average molecular weight is 869 g/mol. The number of benzene rings is 3. The van der Waals surface area contributed by atoms with E-state index in [-0.39, 0.29) is 29.0 Å². The summed E-state index contributed by atoms with van der Waals surface area (Å²) in [7, 11) is 0. The number of ether oxygens (including phenoxy) is 2. The fraction of sp³-hybridized carbons (Fsp3) is 0.554. The molecule has 9 rings (SSSR count). The summed E-state index contributed by atoms with van der Waals surface area (Å²) >= 11 is 0. The molecule has 2 saturated heterocycles. The Kier molecular flexibility index (Phi) is 14.5. The number of piperidine rings is 1. The maximum atomic E-state index is 13.6. The molecule has 64 heavy (non-hydrogen) atoms. The fourth-order valence-electron chi connectivity index (χ4n) is 12.4. The molecular formula is C56H72N2O6. The molecule has 5 unspecified atom stereocenters. The number of allylic oxidation sites excluding steroid dienone is 3. The number of nitrogens with zero attached hydrogens (tertiary/aromatic N) is 2. The highest BCUT2D eigenvalue weighted by Gasteiger charge is 2.44. The number of aromatic hydroxyl groups is 1. The highest BCUT2D eigenvalue weighted by atomic mass is 16.5. The number of rotatable bonds is 14. The number of carbonyl (C=O) groups excluding carboxylic acids is 3. The summed E-state index contributed by atoms with van der Waals surface area (Å²) < 4.78 is 13.1. The molecule has 3 heterocycles. The van der Waals surface area contributed by atoms with Crippen molar-refractivity contribution in [3.63, 3.8) is 0 Å². The van der Waals surface area contributed by atoms with E-state index in [4.69, 9.17) is 9.47 Å². The summed E-state index contributed by atoms with van der Waals surface area (Å²) in [6, 6.07) is 21.4. The minimum atomic E-state index is -0.430. The van der Waals surface area contributed by atoms with Gasteiger partial charge in [-0.25, -0.2) is 0 Å². The molecule has 0 bridgehead atoms. The third kappa shape index (κ3) is 9.64. The van der Waals surface area contributed by atoms with Crippen LogP contribution in [0.1, 0.15) is 150 Å². The zero-order chi connectivity index (χ0) is 45.0. The number of aryl methyl sites for hydroxylation is 1. The van der Waals surface area contributed by atoms with E-state index >= 15 is 0 Å². The van der Waals surface area contributed by atoms with Crippen molar-refractivity contribution >= 4 is 23.0 Å². The second-order valence-corrected chi connectivity index (χ2v) is 19.6. The molecule has 1 spiro atoms. The molecule has 8 heteroatoms. The van der Waals surface area contributed by atoms with Gasteiger partial charge in [0, 0.05) is 49.2 Å². The Morgan fingerprint density at radius 2 is 1.77 bits per heavy atom. The Morgan fingerprint density at radius 1 is 0.969 bits per heavy atom. The topological polar surface area (TPSA) is 96.4 Å². The number of fused-ring (bicyclic) bond motifs is 3. The van der Waals surface area contributed by atoms with Crippen LogP contribution in [0.15, 0.2) is 84.6 Å². The van der Waals surface area contributed by atoms with E-state index in [0.29, 0.717) is 60.9 Å². The number of Topliss-reactive ketones (excluding diaryl/α,β-unsaturated/α-hetero) is 3. The third-order valence-electron chi connectivity index (χ3n) is 15.6. The molecule has 3 aliphatic heterocycles. The molecule has 8 nitrogen and oxygen atoms in total. The summed E-state index contributed by atoms with van der Waals surface area (Å²) in [5.74, 6) is 2.21. The van der Waals surface area contributed by atoms with Gasteiger partial charge in [0.1, 0.15) is 29.7 Å². The van der Waals surface area contributed by atoms with Gasteiger partial charge in [-0.05, 0) is 161 Å². The van der Waals surface area contributed by atoms with E-state index in [1.54, 1.807) is 13.8 Å². The van der Waals surface area contributed by atoms with Crippen LogP contribution in [0.5, 0.6) is 11.5 Å². The second kappa shape index (κ2) is 20.2. The van der Waals surface area contributed by atoms with E-state index < -0.39 is 11.8 Å². The summed E-state index contributed by atoms with van der Waals surface area (Å²) in [5.41, 5.74) is 8.23. The highest BCUT2D eigenvalue weighted by molar-refractivity contribution is 6.05. The van der Waals surface area contributed by atoms with Crippen LogP contribution in [0.25, 0.3) is 0 Å². The normalized spacial score (nSPS) is 26.0. The highest BCUT2D eigenvalue weighted by Crippen LogP contribution is 2.50. The molecule has 3 aromatic rings. The Morgan fingerprint density at radius 3 is 2.48 bits per heavy atom. The SMILES string of the molecule is CC.CCCN1c2cc3c(cc2OC[C@H]1CCCC1COC2(CCN(C4=CCC(C5c6ccc(O)cc6CCC5c5ccccc5)C=C4)CC2)C1)C(=O)C([C@@H](CCC(C)=O)C(C)=O)C3. The van der Waals surface area contributed by atoms with Gasteiger partial charge in [-0.3, -0.25) is 9.59 Å². The van der Waals surface area contributed by atoms with Gasteiger partial charge in [0.2, 0.25) is 0 Å². The molecule has 0 aromatic heterocycles. The largest absolute Gasteiger partial charge is 0.508 e. The molecular weight excluding hydrogens is 797 g/mol. The van der Waals surface area contributed by atoms with Crippen molar-refractivity contribution in [1.29, 1.82) is 0 Å². The van der Waals surface area contributed by atoms with Crippen molar-refractivity contribution in [2.45, 2.75) is 142 Å². The smallest absolute Gasteiger partial charge is 0.167 e. The number of likely N-dealkylation sites (tertiary alicyclic amines) is 1. The van der Waals surface area contributed by atoms with Gasteiger partial charge in [-0.15, -0.1) is 0 Å². The molecule has 6 aliphatic rings. The second-order valence-electron chi connectivity index (χ2n) is 19.6. The zero-order valence-corrected chi connectivity index (χ0v) is 39.2. The van der Waals surface area contributed by atoms with E-state index in [9.17, 15) is 19.5 Å². The number of anilines is 1. The first-order valence-electron chi connectivity index (χ1n) is 24.8. The molecule has 0 amide bonds. The minimum Gasteiger partial charge on any atom is -0.508 e. The fourth-order valence-corrected chi connectivity index (χ4v) is 12.4. The van der Waals surface area contributed by atoms with Crippen LogP contribution < -0.4 is 9.64 Å². The zero-order valence-electron chi connectivity index (χ0n) is 39.2. The Balaban J connectivity index is 0.00000276. The van der Waals surface area contributed by atoms with Crippen LogP contribution in [0.3, 0.4) is 0 Å². The van der Waals surface area contributed by atoms with Gasteiger partial charge in [0.15, 0.2) is 5.78 Å². The van der Waals surface area contributed by atoms with Crippen molar-refractivity contribution in [2.75, 3.05) is 37.7 Å². The van der Waals surface area contributed by atoms with Crippen LogP contribution >= 0.6 is 0 Å². The molecule has 342 valence electrons. The Hall–Kier alpha value is -4.69. The quantitative estimate of drug-likeness (QED) is 0.171. The molecule has 1 N–H and O–H groups in total. The predicted molar refractivity (Wildman–Crippen MR) is 255 cm³/mol. The Bertz CT molecular complexity index is 2200. The van der Waals surface area contributed by atoms with Gasteiger partial charge in [-0.1, -0.05) is 75.7 Å². The summed E-state index contributed by atoms with van der Waals surface area (Å²) in [5, 5.41) is 10.3. The maximum absolute atomic E-state index is 13.6. The number of carbonyl (C=O) groups is 3. The summed E-state index contributed by atoms with van der Waals surface area (Å²) in [6.45, 7) is 13.8. The van der Waals surface area contributed by atoms with Gasteiger partial charge in [-0.2, -0.15) is 0 Å². The molecule has 3 aliphatic carbocycles. The molecule has 3 aromatic carbocycles. The molecule has 2 fully saturated rings. The third-order valence-corrected chi connectivity index (χ3v) is 15.6. The number of hydrogen-bond donors (Lipinski definition) is 1. The van der Waals surface area contributed by atoms with Crippen molar-refractivity contribution < 1.29 is 29.0 Å². The van der Waals surface area contributed by atoms with Crippen LogP contribution in [0, 0.1) is 23.7 Å². The molecule has 0 radical (unpaired) electrons. The monoisotopic (exact) mass is 869 g/mol. The lowest BCUT2D eigenvalue weighted by Crippen LogP contribution is -2.44. The van der Waals surface area contributed by atoms with Crippen LogP contribution in [-0.4, -0.2) is 71.8 Å². The van der Waals surface area contributed by atoms with E-state index in [2.05, 4.69) is 77.4 Å². The van der Waals surface area contributed by atoms with Gasteiger partial charge >= 0.3 is 0 Å². The lowest BCUT2D eigenvalue weighted by molar-refractivity contribution is -0.122. The van der Waals surface area contributed by atoms with Gasteiger partial charge in [0.25, 0.3) is 0 Å². The summed E-state index contributed by atoms with van der Waals surface area (Å²) in [6.07, 6.45) is 19.4. The Labute approximate surface area is 382 Å². The van der Waals surface area contributed by atoms with Crippen LogP contribution in [0.2, 0.25) is 0 Å². The van der Waals surface area contributed by atoms with E-state index in [1.807, 2.05) is 32.0 Å². The van der Waals surface area contributed by atoms with Gasteiger partial charge < -0.3 is 29.2 Å². The number of phenolic OH excluding ortho intramolecular Hbond substituents is 1. The first-order chi connectivity index (χ1) is 31.1. The van der Waals surface area contributed by atoms with Crippen molar-refractivity contribution in [3.8, 4) is 11.5 Å². The lowest BCUT2D eigenvalue weighted by atomic mass is 9.65. The minimum absolute atomic E-state index is 0.00676. The number of phenols is 1. The average Bonchev–Trinajstić information content (AvgIpc) is 3.85. The molecule has 7 atom stereocenters. The van der Waals surface area contributed by atoms with E-state index in [1.165, 1.54) is 22.4 Å². The van der Waals surface area contributed by atoms with Gasteiger partial charge in [0.05, 0.1) is 23.9 Å². The maximum Gasteiger partial charge on any atom is 0.167 e. The van der Waals surface area contributed by atoms with Crippen LogP contribution in [0.4, 0.5) is 5.69 Å². The summed E-state index contributed by atoms with van der Waals surface area (Å²) in [4.78, 5) is 43.1. The first kappa shape index (κ1) is 45.9. The standard InChI is InChI=1S/C54H66N2O6.C2H6/c1-4-25-56-43(34-61-51-31-48-41(30-50(51)56)29-49(53(48)60)45(36(3)58)20-13-35(2)57)12-8-9-37-32-54(62-33-37)23-26-55(27-24-54)42-17-14-39(15-18-42)52-46(38-10-6-5-7-11-38)21-16-40-28-44(59)19-22-47(40)52;1-2/h5-7,10-11,14,17-19,22,28,30-31,37,39,43,45-46,49,52,59H,4,8-9,12-13,15-16,20-21,23-27,29,32-34H2,1-3H3;1-2H3/t37?,39?,43-,45+,46?,49?,52?;/m1./s1. The van der Waals surface area contributed by atoms with Crippen molar-refractivity contribution in [1.82, 2.24) is 4.90 Å². The predicted octanol–water partition coefficient (Wildman–Crippen LogP) is 11.3. The van der Waals surface area contributed by atoms with Crippen LogP contribution in [-0.2, 0) is 27.2 Å². The molecule has 0 saturated carbocycles. The number of hydrogen-bond acceptors (Lipinski definition) is 8. The first-order valence-corrected chi connectivity index (χ1v) is 24.8. The van der Waals surface area contributed by atoms with E-state index in [0.717, 1.165) is 107 Å². The number of ketones is 3. The van der Waals surface area contributed by atoms with Crippen molar-refractivity contribution in [3.05, 3.63) is 112 Å². The lowest BCUT2D eigenvalue weighted by Gasteiger charge is -2.42. The van der Waals surface area contributed by atoms with Crippen molar-refractivity contribution in [2.24, 2.45) is 23.7 Å².